The summed E-state index contributed by atoms with van der Waals surface area (Å²) < 4.78 is 1.39. The van der Waals surface area contributed by atoms with Crippen LogP contribution in [-0.4, -0.2) is 51.7 Å². The number of piperazine rings is 1. The van der Waals surface area contributed by atoms with Crippen molar-refractivity contribution in [1.29, 1.82) is 0 Å². The fourth-order valence-corrected chi connectivity index (χ4v) is 2.43. The van der Waals surface area contributed by atoms with Crippen LogP contribution in [0.1, 0.15) is 0 Å². The van der Waals surface area contributed by atoms with Crippen molar-refractivity contribution in [2.75, 3.05) is 31.5 Å². The molecule has 2 heterocycles. The number of carbonyl (C=O) groups excluding carboxylic acids is 1. The minimum atomic E-state index is -0.478. The van der Waals surface area contributed by atoms with E-state index in [-0.39, 0.29) is 11.8 Å². The van der Waals surface area contributed by atoms with Crippen LogP contribution in [0.5, 0.6) is 0 Å². The van der Waals surface area contributed by atoms with E-state index in [0.29, 0.717) is 31.9 Å². The lowest BCUT2D eigenvalue weighted by Gasteiger charge is -2.31. The molecule has 24 heavy (non-hydrogen) atoms. The average molecular weight is 328 g/mol. The summed E-state index contributed by atoms with van der Waals surface area (Å²) in [5.41, 5.74) is 0.222. The van der Waals surface area contributed by atoms with E-state index in [1.807, 2.05) is 18.2 Å². The number of nitroso groups, excluding NO2 is 1. The van der Waals surface area contributed by atoms with E-state index < -0.39 is 5.69 Å². The van der Waals surface area contributed by atoms with Crippen molar-refractivity contribution in [2.24, 2.45) is 5.29 Å². The van der Waals surface area contributed by atoms with Crippen molar-refractivity contribution < 1.29 is 4.79 Å². The van der Waals surface area contributed by atoms with Gasteiger partial charge >= 0.3 is 11.7 Å². The molecular formula is C15H16N6O3. The SMILES string of the molecule is O=NN1CCN(C(=O)Nc2ccn(-c3ccccc3)c(=O)n2)CC1. The Labute approximate surface area is 137 Å². The number of nitrogens with zero attached hydrogens (tertiary/aromatic N) is 5. The zero-order valence-electron chi connectivity index (χ0n) is 12.8. The molecule has 0 radical (unpaired) electrons. The van der Waals surface area contributed by atoms with Crippen LogP contribution >= 0.6 is 0 Å². The Bertz CT molecular complexity index is 783. The summed E-state index contributed by atoms with van der Waals surface area (Å²) in [5.74, 6) is 0.188. The van der Waals surface area contributed by atoms with Gasteiger partial charge in [0.2, 0.25) is 0 Å². The van der Waals surface area contributed by atoms with Gasteiger partial charge in [0.15, 0.2) is 0 Å². The van der Waals surface area contributed by atoms with Gasteiger partial charge in [0.1, 0.15) is 5.82 Å². The molecule has 1 aromatic heterocycles. The van der Waals surface area contributed by atoms with E-state index in [4.69, 9.17) is 0 Å². The van der Waals surface area contributed by atoms with E-state index >= 15 is 0 Å². The molecule has 2 aromatic rings. The van der Waals surface area contributed by atoms with Gasteiger partial charge in [-0.05, 0) is 18.2 Å². The van der Waals surface area contributed by atoms with Crippen molar-refractivity contribution in [2.45, 2.75) is 0 Å². The van der Waals surface area contributed by atoms with Crippen molar-refractivity contribution in [3.63, 3.8) is 0 Å². The largest absolute Gasteiger partial charge is 0.354 e. The Morgan fingerprint density at radius 3 is 2.42 bits per heavy atom. The maximum Gasteiger partial charge on any atom is 0.354 e. The summed E-state index contributed by atoms with van der Waals surface area (Å²) in [6.07, 6.45) is 1.56. The number of anilines is 1. The predicted molar refractivity (Wildman–Crippen MR) is 87.8 cm³/mol. The van der Waals surface area contributed by atoms with Gasteiger partial charge in [-0.15, -0.1) is 4.91 Å². The number of amides is 2. The molecule has 9 nitrogen and oxygen atoms in total. The fourth-order valence-electron chi connectivity index (χ4n) is 2.43. The summed E-state index contributed by atoms with van der Waals surface area (Å²) >= 11 is 0. The van der Waals surface area contributed by atoms with E-state index in [1.165, 1.54) is 9.58 Å². The molecule has 1 aliphatic heterocycles. The maximum atomic E-state index is 12.2. The van der Waals surface area contributed by atoms with Crippen molar-refractivity contribution in [1.82, 2.24) is 19.5 Å². The Kier molecular flexibility index (Phi) is 4.50. The molecule has 124 valence electrons. The lowest BCUT2D eigenvalue weighted by atomic mass is 10.3. The number of urea groups is 1. The van der Waals surface area contributed by atoms with Crippen LogP contribution in [0.4, 0.5) is 10.6 Å². The summed E-state index contributed by atoms with van der Waals surface area (Å²) in [4.78, 5) is 40.1. The summed E-state index contributed by atoms with van der Waals surface area (Å²) in [5, 5.41) is 6.81. The van der Waals surface area contributed by atoms with E-state index in [0.717, 1.165) is 0 Å². The highest BCUT2D eigenvalue weighted by molar-refractivity contribution is 5.88. The molecule has 3 rings (SSSR count). The zero-order chi connectivity index (χ0) is 16.9. The van der Waals surface area contributed by atoms with Crippen LogP contribution in [0.2, 0.25) is 0 Å². The Hall–Kier alpha value is -3.23. The van der Waals surface area contributed by atoms with E-state index in [9.17, 15) is 14.5 Å². The first-order valence-corrected chi connectivity index (χ1v) is 7.46. The molecule has 1 fully saturated rings. The van der Waals surface area contributed by atoms with Crippen LogP contribution in [-0.2, 0) is 0 Å². The highest BCUT2D eigenvalue weighted by Gasteiger charge is 2.21. The lowest BCUT2D eigenvalue weighted by Crippen LogP contribution is -2.48. The highest BCUT2D eigenvalue weighted by atomic mass is 16.3. The van der Waals surface area contributed by atoms with Crippen LogP contribution in [0.3, 0.4) is 0 Å². The number of aromatic nitrogens is 2. The second-order valence-corrected chi connectivity index (χ2v) is 5.25. The van der Waals surface area contributed by atoms with Crippen molar-refractivity contribution in [3.05, 3.63) is 58.0 Å². The smallest absolute Gasteiger partial charge is 0.321 e. The number of hydrogen-bond acceptors (Lipinski definition) is 5. The standard InChI is InChI=1S/C15H16N6O3/c22-14(19-8-10-20(18-24)11-9-19)16-13-6-7-21(15(23)17-13)12-4-2-1-3-5-12/h1-7H,8-11H2,(H,16,17,22,23). The minimum absolute atomic E-state index is 0.188. The third-order valence-electron chi connectivity index (χ3n) is 3.73. The molecule has 1 saturated heterocycles. The normalized spacial score (nSPS) is 14.3. The number of rotatable bonds is 3. The van der Waals surface area contributed by atoms with Gasteiger partial charge in [0, 0.05) is 19.3 Å². The first-order valence-electron chi connectivity index (χ1n) is 7.46. The number of carbonyl (C=O) groups is 1. The molecule has 0 aliphatic carbocycles. The summed E-state index contributed by atoms with van der Waals surface area (Å²) in [7, 11) is 0. The van der Waals surface area contributed by atoms with Gasteiger partial charge in [-0.2, -0.15) is 4.98 Å². The number of para-hydroxylation sites is 1. The lowest BCUT2D eigenvalue weighted by molar-refractivity contribution is 0.149. The number of nitrogens with one attached hydrogen (secondary N) is 1. The third-order valence-corrected chi connectivity index (χ3v) is 3.73. The summed E-state index contributed by atoms with van der Waals surface area (Å²) in [6, 6.07) is 10.3. The molecular weight excluding hydrogens is 312 g/mol. The quantitative estimate of drug-likeness (QED) is 0.849. The number of hydrogen-bond donors (Lipinski definition) is 1. The first kappa shape index (κ1) is 15.7. The Balaban J connectivity index is 1.68. The third kappa shape index (κ3) is 3.40. The minimum Gasteiger partial charge on any atom is -0.321 e. The van der Waals surface area contributed by atoms with Gasteiger partial charge in [-0.1, -0.05) is 18.2 Å². The molecule has 0 spiro atoms. The van der Waals surface area contributed by atoms with Gasteiger partial charge in [0.25, 0.3) is 0 Å². The highest BCUT2D eigenvalue weighted by Crippen LogP contribution is 2.08. The second-order valence-electron chi connectivity index (χ2n) is 5.25. The molecule has 1 N–H and O–H groups in total. The van der Waals surface area contributed by atoms with E-state index in [2.05, 4.69) is 15.6 Å². The molecule has 0 unspecified atom stereocenters. The fraction of sp³-hybridized carbons (Fsp3) is 0.267. The Morgan fingerprint density at radius 1 is 1.08 bits per heavy atom. The Morgan fingerprint density at radius 2 is 1.79 bits per heavy atom. The van der Waals surface area contributed by atoms with Crippen LogP contribution in [0, 0.1) is 4.91 Å². The summed E-state index contributed by atoms with van der Waals surface area (Å²) in [6.45, 7) is 1.55. The topological polar surface area (TPSA) is 99.9 Å². The average Bonchev–Trinajstić information content (AvgIpc) is 2.62. The predicted octanol–water partition coefficient (Wildman–Crippen LogP) is 1.06. The zero-order valence-corrected chi connectivity index (χ0v) is 12.8. The molecule has 0 saturated carbocycles. The molecule has 9 heteroatoms. The molecule has 1 aromatic carbocycles. The van der Waals surface area contributed by atoms with Crippen molar-refractivity contribution in [3.8, 4) is 5.69 Å². The van der Waals surface area contributed by atoms with Crippen LogP contribution in [0.25, 0.3) is 5.69 Å². The number of benzene rings is 1. The van der Waals surface area contributed by atoms with Gasteiger partial charge in [-0.25, -0.2) is 9.59 Å². The van der Waals surface area contributed by atoms with Gasteiger partial charge < -0.3 is 4.90 Å². The first-order chi connectivity index (χ1) is 11.7. The van der Waals surface area contributed by atoms with Gasteiger partial charge in [0.05, 0.1) is 24.1 Å². The van der Waals surface area contributed by atoms with Crippen molar-refractivity contribution >= 4 is 11.8 Å². The van der Waals surface area contributed by atoms with Crippen LogP contribution < -0.4 is 11.0 Å². The van der Waals surface area contributed by atoms with Gasteiger partial charge in [-0.3, -0.25) is 14.9 Å². The molecule has 2 amide bonds. The molecule has 0 atom stereocenters. The second kappa shape index (κ2) is 6.90. The van der Waals surface area contributed by atoms with E-state index in [1.54, 1.807) is 29.3 Å². The molecule has 0 bridgehead atoms. The maximum absolute atomic E-state index is 12.2. The molecule has 1 aliphatic rings. The van der Waals surface area contributed by atoms with Crippen LogP contribution in [0.15, 0.2) is 52.7 Å². The monoisotopic (exact) mass is 328 g/mol.